The molecule has 0 aliphatic heterocycles. The Labute approximate surface area is 248 Å². The molecule has 0 bridgehead atoms. The Hall–Kier alpha value is -3.49. The summed E-state index contributed by atoms with van der Waals surface area (Å²) in [7, 11) is 0. The summed E-state index contributed by atoms with van der Waals surface area (Å²) >= 11 is 0. The molecule has 9 nitrogen and oxygen atoms in total. The molecule has 1 aromatic carbocycles. The number of H-pyrrole nitrogens is 1. The highest BCUT2D eigenvalue weighted by Crippen LogP contribution is 2.29. The van der Waals surface area contributed by atoms with Crippen molar-refractivity contribution in [3.05, 3.63) is 30.0 Å². The molecular weight excluding hydrogens is 536 g/mol. The van der Waals surface area contributed by atoms with Gasteiger partial charge < -0.3 is 19.8 Å². The molecule has 3 atom stereocenters. The Morgan fingerprint density at radius 3 is 2.50 bits per heavy atom. The maximum absolute atomic E-state index is 13.7. The number of hydrogen-bond donors (Lipinski definition) is 2. The molecule has 2 aromatic rings. The third kappa shape index (κ3) is 9.00. The molecule has 42 heavy (non-hydrogen) atoms. The predicted molar refractivity (Wildman–Crippen MR) is 160 cm³/mol. The number of aromatic nitrogens is 1. The standard InChI is InChI=1S/C33H46N2O7/c1-7-41-30-14-10-12-24-23(30)18-26(34-24)28(37)17-22(15-20(2)3)31(39)35-25(16-21-11-8-9-13-27(21)36)29(38)19-42-32(40)33(4,5)6/h10,12,14,18,20-22,25,34H,7-9,11,13,15-17,19H2,1-6H3,(H,35,39)/t21-,22+,25-/m0/s1. The van der Waals surface area contributed by atoms with Crippen molar-refractivity contribution in [3.63, 3.8) is 0 Å². The van der Waals surface area contributed by atoms with Gasteiger partial charge >= 0.3 is 5.97 Å². The number of fused-ring (bicyclic) bond motifs is 1. The first-order chi connectivity index (χ1) is 19.8. The zero-order valence-corrected chi connectivity index (χ0v) is 25.8. The zero-order chi connectivity index (χ0) is 31.0. The van der Waals surface area contributed by atoms with Crippen LogP contribution in [0.2, 0.25) is 0 Å². The molecule has 230 valence electrons. The molecule has 9 heteroatoms. The highest BCUT2D eigenvalue weighted by atomic mass is 16.5. The maximum Gasteiger partial charge on any atom is 0.311 e. The molecule has 1 aliphatic carbocycles. The number of esters is 1. The van der Waals surface area contributed by atoms with Crippen molar-refractivity contribution in [1.82, 2.24) is 10.3 Å². The van der Waals surface area contributed by atoms with E-state index in [0.717, 1.165) is 23.7 Å². The second-order valence-corrected chi connectivity index (χ2v) is 12.8. The number of benzene rings is 1. The van der Waals surface area contributed by atoms with E-state index in [1.807, 2.05) is 39.0 Å². The number of nitrogens with one attached hydrogen (secondary N) is 2. The number of aromatic amines is 1. The van der Waals surface area contributed by atoms with E-state index in [2.05, 4.69) is 10.3 Å². The van der Waals surface area contributed by atoms with Gasteiger partial charge in [0.15, 0.2) is 18.2 Å². The van der Waals surface area contributed by atoms with E-state index in [0.29, 0.717) is 37.3 Å². The molecule has 3 rings (SSSR count). The number of amides is 1. The molecule has 1 fully saturated rings. The number of carbonyl (C=O) groups is 5. The van der Waals surface area contributed by atoms with Crippen LogP contribution in [0.15, 0.2) is 24.3 Å². The van der Waals surface area contributed by atoms with E-state index in [4.69, 9.17) is 9.47 Å². The van der Waals surface area contributed by atoms with Gasteiger partial charge in [0, 0.05) is 35.6 Å². The molecule has 1 saturated carbocycles. The minimum Gasteiger partial charge on any atom is -0.493 e. The lowest BCUT2D eigenvalue weighted by molar-refractivity contribution is -0.156. The fraction of sp³-hybridized carbons (Fsp3) is 0.606. The Bertz CT molecular complexity index is 1290. The minimum atomic E-state index is -0.996. The van der Waals surface area contributed by atoms with Crippen molar-refractivity contribution >= 4 is 40.1 Å². The van der Waals surface area contributed by atoms with Gasteiger partial charge in [-0.2, -0.15) is 0 Å². The molecule has 0 radical (unpaired) electrons. The fourth-order valence-corrected chi connectivity index (χ4v) is 5.35. The lowest BCUT2D eigenvalue weighted by Crippen LogP contribution is -2.47. The van der Waals surface area contributed by atoms with Crippen molar-refractivity contribution in [1.29, 1.82) is 0 Å². The van der Waals surface area contributed by atoms with Gasteiger partial charge in [0.25, 0.3) is 0 Å². The van der Waals surface area contributed by atoms with E-state index >= 15 is 0 Å². The Morgan fingerprint density at radius 1 is 1.12 bits per heavy atom. The van der Waals surface area contributed by atoms with Crippen LogP contribution in [0.4, 0.5) is 0 Å². The first kappa shape index (κ1) is 33.0. The quantitative estimate of drug-likeness (QED) is 0.219. The van der Waals surface area contributed by atoms with Gasteiger partial charge in [-0.15, -0.1) is 0 Å². The van der Waals surface area contributed by atoms with Crippen LogP contribution in [-0.4, -0.2) is 53.5 Å². The molecule has 1 aliphatic rings. The van der Waals surface area contributed by atoms with Gasteiger partial charge in [-0.25, -0.2) is 0 Å². The highest BCUT2D eigenvalue weighted by Gasteiger charge is 2.34. The number of hydrogen-bond acceptors (Lipinski definition) is 7. The number of carbonyl (C=O) groups excluding carboxylic acids is 5. The van der Waals surface area contributed by atoms with Crippen LogP contribution in [0, 0.1) is 23.2 Å². The topological polar surface area (TPSA) is 132 Å². The molecule has 0 spiro atoms. The van der Waals surface area contributed by atoms with Crippen molar-refractivity contribution in [2.24, 2.45) is 23.2 Å². The summed E-state index contributed by atoms with van der Waals surface area (Å²) in [6.07, 6.45) is 3.34. The summed E-state index contributed by atoms with van der Waals surface area (Å²) in [5.74, 6) is -1.80. The first-order valence-corrected chi connectivity index (χ1v) is 15.1. The fourth-order valence-electron chi connectivity index (χ4n) is 5.35. The van der Waals surface area contributed by atoms with Crippen LogP contribution in [0.1, 0.15) is 97.0 Å². The average Bonchev–Trinajstić information content (AvgIpc) is 3.37. The minimum absolute atomic E-state index is 0.0525. The summed E-state index contributed by atoms with van der Waals surface area (Å²) < 4.78 is 10.9. The van der Waals surface area contributed by atoms with Crippen molar-refractivity contribution in [2.75, 3.05) is 13.2 Å². The molecule has 1 aromatic heterocycles. The van der Waals surface area contributed by atoms with E-state index in [1.54, 1.807) is 26.8 Å². The number of Topliss-reactive ketones (excluding diaryl/α,β-unsaturated/α-hetero) is 3. The van der Waals surface area contributed by atoms with Crippen LogP contribution in [0.5, 0.6) is 5.75 Å². The van der Waals surface area contributed by atoms with Crippen LogP contribution < -0.4 is 10.1 Å². The third-order valence-corrected chi connectivity index (χ3v) is 7.65. The third-order valence-electron chi connectivity index (χ3n) is 7.65. The number of ketones is 3. The number of rotatable bonds is 14. The molecule has 2 N–H and O–H groups in total. The van der Waals surface area contributed by atoms with Crippen molar-refractivity contribution in [3.8, 4) is 5.75 Å². The van der Waals surface area contributed by atoms with E-state index in [-0.39, 0.29) is 36.2 Å². The van der Waals surface area contributed by atoms with Crippen molar-refractivity contribution < 1.29 is 33.4 Å². The Morgan fingerprint density at radius 2 is 1.86 bits per heavy atom. The highest BCUT2D eigenvalue weighted by molar-refractivity contribution is 6.02. The zero-order valence-electron chi connectivity index (χ0n) is 25.8. The molecule has 1 amide bonds. The predicted octanol–water partition coefficient (Wildman–Crippen LogP) is 5.59. The molecule has 0 unspecified atom stereocenters. The summed E-state index contributed by atoms with van der Waals surface area (Å²) in [4.78, 5) is 68.4. The summed E-state index contributed by atoms with van der Waals surface area (Å²) in [6, 6.07) is 6.30. The molecule has 1 heterocycles. The summed E-state index contributed by atoms with van der Waals surface area (Å²) in [5, 5.41) is 3.64. The molecule has 0 saturated heterocycles. The van der Waals surface area contributed by atoms with E-state index in [1.165, 1.54) is 0 Å². The SMILES string of the molecule is CCOc1cccc2[nH]c(C(=O)C[C@@H](CC(C)C)C(=O)N[C@@H](C[C@@H]3CCCCC3=O)C(=O)COC(=O)C(C)(C)C)cc12. The van der Waals surface area contributed by atoms with Gasteiger partial charge in [0.05, 0.1) is 23.8 Å². The largest absolute Gasteiger partial charge is 0.493 e. The van der Waals surface area contributed by atoms with Crippen LogP contribution >= 0.6 is 0 Å². The monoisotopic (exact) mass is 582 g/mol. The van der Waals surface area contributed by atoms with Gasteiger partial charge in [-0.3, -0.25) is 24.0 Å². The smallest absolute Gasteiger partial charge is 0.311 e. The van der Waals surface area contributed by atoms with Crippen molar-refractivity contribution in [2.45, 2.75) is 92.5 Å². The summed E-state index contributed by atoms with van der Waals surface area (Å²) in [6.45, 7) is 10.9. The number of ether oxygens (including phenoxy) is 2. The average molecular weight is 583 g/mol. The first-order valence-electron chi connectivity index (χ1n) is 15.1. The van der Waals surface area contributed by atoms with Gasteiger partial charge in [-0.1, -0.05) is 26.3 Å². The van der Waals surface area contributed by atoms with Crippen LogP contribution in [0.25, 0.3) is 10.9 Å². The van der Waals surface area contributed by atoms with Crippen LogP contribution in [-0.2, 0) is 23.9 Å². The normalized spacial score (nSPS) is 17.1. The second-order valence-electron chi connectivity index (χ2n) is 12.8. The van der Waals surface area contributed by atoms with E-state index in [9.17, 15) is 24.0 Å². The van der Waals surface area contributed by atoms with Gasteiger partial charge in [-0.05, 0) is 77.5 Å². The van der Waals surface area contributed by atoms with E-state index < -0.39 is 41.6 Å². The lowest BCUT2D eigenvalue weighted by Gasteiger charge is -2.27. The maximum atomic E-state index is 13.7. The Kier molecular flexibility index (Phi) is 11.5. The lowest BCUT2D eigenvalue weighted by atomic mass is 9.82. The second kappa shape index (κ2) is 14.6. The molecular formula is C33H46N2O7. The van der Waals surface area contributed by atoms with Gasteiger partial charge in [0.2, 0.25) is 5.91 Å². The van der Waals surface area contributed by atoms with Crippen LogP contribution in [0.3, 0.4) is 0 Å². The Balaban J connectivity index is 1.79. The summed E-state index contributed by atoms with van der Waals surface area (Å²) in [5.41, 5.74) is 0.364. The van der Waals surface area contributed by atoms with Gasteiger partial charge in [0.1, 0.15) is 11.5 Å².